The molecule has 0 aliphatic heterocycles. The van der Waals surface area contributed by atoms with Crippen molar-refractivity contribution in [2.75, 3.05) is 5.88 Å². The van der Waals surface area contributed by atoms with Gasteiger partial charge in [0.1, 0.15) is 0 Å². The smallest absolute Gasteiger partial charge is 0.283 e. The molecule has 0 bridgehead atoms. The molecule has 80 valence electrons. The third-order valence-electron chi connectivity index (χ3n) is 2.05. The van der Waals surface area contributed by atoms with E-state index in [0.717, 1.165) is 12.0 Å². The lowest BCUT2D eigenvalue weighted by Gasteiger charge is -1.90. The number of alkyl halides is 1. The fourth-order valence-electron chi connectivity index (χ4n) is 1.26. The quantitative estimate of drug-likeness (QED) is 0.753. The van der Waals surface area contributed by atoms with Crippen LogP contribution in [0.4, 0.5) is 0 Å². The van der Waals surface area contributed by atoms with Crippen LogP contribution in [0.25, 0.3) is 11.7 Å². The Bertz CT molecular complexity index is 436. The average Bonchev–Trinajstić information content (AvgIpc) is 2.83. The predicted molar refractivity (Wildman–Crippen MR) is 55.8 cm³/mol. The summed E-state index contributed by atoms with van der Waals surface area (Å²) in [7, 11) is 0. The van der Waals surface area contributed by atoms with Gasteiger partial charge in [-0.3, -0.25) is 0 Å². The molecule has 0 aliphatic carbocycles. The van der Waals surface area contributed by atoms with Gasteiger partial charge < -0.3 is 8.83 Å². The number of hydrogen-bond acceptors (Lipinski definition) is 4. The first-order valence-corrected chi connectivity index (χ1v) is 5.27. The van der Waals surface area contributed by atoms with Gasteiger partial charge in [-0.05, 0) is 19.4 Å². The lowest BCUT2D eigenvalue weighted by Crippen LogP contribution is -1.85. The molecule has 2 aromatic heterocycles. The molecule has 2 rings (SSSR count). The Morgan fingerprint density at radius 1 is 1.40 bits per heavy atom. The van der Waals surface area contributed by atoms with Gasteiger partial charge in [-0.15, -0.1) is 21.8 Å². The van der Waals surface area contributed by atoms with Gasteiger partial charge in [0, 0.05) is 17.9 Å². The van der Waals surface area contributed by atoms with Gasteiger partial charge in [0.15, 0.2) is 5.76 Å². The Balaban J connectivity index is 2.17. The van der Waals surface area contributed by atoms with Crippen molar-refractivity contribution in [3.05, 3.63) is 23.8 Å². The first-order valence-electron chi connectivity index (χ1n) is 4.74. The summed E-state index contributed by atoms with van der Waals surface area (Å²) in [5.74, 6) is 2.26. The minimum absolute atomic E-state index is 0.432. The summed E-state index contributed by atoms with van der Waals surface area (Å²) in [5.41, 5.74) is 0.988. The second kappa shape index (κ2) is 4.49. The zero-order valence-electron chi connectivity index (χ0n) is 8.36. The zero-order chi connectivity index (χ0) is 10.7. The first-order chi connectivity index (χ1) is 7.31. The highest BCUT2D eigenvalue weighted by atomic mass is 35.5. The molecule has 0 unspecified atom stereocenters. The van der Waals surface area contributed by atoms with Crippen LogP contribution >= 0.6 is 11.6 Å². The third-order valence-corrected chi connectivity index (χ3v) is 2.31. The van der Waals surface area contributed by atoms with Gasteiger partial charge in [0.2, 0.25) is 5.89 Å². The standard InChI is InChI=1S/C10H11ClN2O2/c1-7-4-6-14-9(7)10-13-12-8(15-10)3-2-5-11/h4,6H,2-3,5H2,1H3. The number of hydrogen-bond donors (Lipinski definition) is 0. The highest BCUT2D eigenvalue weighted by Gasteiger charge is 2.13. The number of halogens is 1. The van der Waals surface area contributed by atoms with Crippen LogP contribution < -0.4 is 0 Å². The summed E-state index contributed by atoms with van der Waals surface area (Å²) in [6.45, 7) is 1.93. The topological polar surface area (TPSA) is 52.1 Å². The van der Waals surface area contributed by atoms with Gasteiger partial charge in [-0.1, -0.05) is 0 Å². The summed E-state index contributed by atoms with van der Waals surface area (Å²) in [6, 6.07) is 1.86. The fraction of sp³-hybridized carbons (Fsp3) is 0.400. The largest absolute Gasteiger partial charge is 0.459 e. The van der Waals surface area contributed by atoms with Crippen molar-refractivity contribution in [2.24, 2.45) is 0 Å². The van der Waals surface area contributed by atoms with E-state index in [1.165, 1.54) is 0 Å². The lowest BCUT2D eigenvalue weighted by molar-refractivity contribution is 0.477. The van der Waals surface area contributed by atoms with Crippen molar-refractivity contribution in [3.63, 3.8) is 0 Å². The van der Waals surface area contributed by atoms with Crippen LogP contribution in [0.1, 0.15) is 17.9 Å². The summed E-state index contributed by atoms with van der Waals surface area (Å²) < 4.78 is 10.7. The van der Waals surface area contributed by atoms with Crippen molar-refractivity contribution < 1.29 is 8.83 Å². The van der Waals surface area contributed by atoms with Crippen molar-refractivity contribution in [2.45, 2.75) is 19.8 Å². The Kier molecular flexibility index (Phi) is 3.06. The number of aromatic nitrogens is 2. The molecule has 0 N–H and O–H groups in total. The Morgan fingerprint density at radius 3 is 2.93 bits per heavy atom. The summed E-state index contributed by atoms with van der Waals surface area (Å²) in [5, 5.41) is 7.83. The minimum atomic E-state index is 0.432. The molecule has 0 saturated carbocycles. The monoisotopic (exact) mass is 226 g/mol. The molecule has 0 aromatic carbocycles. The Morgan fingerprint density at radius 2 is 2.27 bits per heavy atom. The molecule has 0 fully saturated rings. The maximum atomic E-state index is 5.57. The van der Waals surface area contributed by atoms with Gasteiger partial charge in [0.25, 0.3) is 5.89 Å². The number of rotatable bonds is 4. The molecular weight excluding hydrogens is 216 g/mol. The van der Waals surface area contributed by atoms with Crippen LogP contribution in [0.15, 0.2) is 21.2 Å². The Labute approximate surface area is 92.2 Å². The third kappa shape index (κ3) is 2.21. The number of aryl methyl sites for hydroxylation is 2. The lowest BCUT2D eigenvalue weighted by atomic mass is 10.3. The second-order valence-corrected chi connectivity index (χ2v) is 3.60. The highest BCUT2D eigenvalue weighted by molar-refractivity contribution is 6.17. The summed E-state index contributed by atoms with van der Waals surface area (Å²) in [4.78, 5) is 0. The van der Waals surface area contributed by atoms with Crippen molar-refractivity contribution >= 4 is 11.6 Å². The molecule has 0 atom stereocenters. The van der Waals surface area contributed by atoms with Crippen molar-refractivity contribution in [1.29, 1.82) is 0 Å². The molecule has 0 aliphatic rings. The van der Waals surface area contributed by atoms with Crippen LogP contribution in [0, 0.1) is 6.92 Å². The van der Waals surface area contributed by atoms with Gasteiger partial charge >= 0.3 is 0 Å². The van der Waals surface area contributed by atoms with E-state index in [1.807, 2.05) is 13.0 Å². The maximum absolute atomic E-state index is 5.57. The van der Waals surface area contributed by atoms with Crippen LogP contribution in [0.2, 0.25) is 0 Å². The molecule has 2 aromatic rings. The fourth-order valence-corrected chi connectivity index (χ4v) is 1.39. The predicted octanol–water partition coefficient (Wildman–Crippen LogP) is 2.81. The summed E-state index contributed by atoms with van der Waals surface area (Å²) >= 11 is 5.57. The van der Waals surface area contributed by atoms with E-state index in [2.05, 4.69) is 10.2 Å². The van der Waals surface area contributed by atoms with E-state index >= 15 is 0 Å². The van der Waals surface area contributed by atoms with Crippen LogP contribution in [0.5, 0.6) is 0 Å². The molecule has 0 spiro atoms. The van der Waals surface area contributed by atoms with E-state index in [9.17, 15) is 0 Å². The number of nitrogens with zero attached hydrogens (tertiary/aromatic N) is 2. The summed E-state index contributed by atoms with van der Waals surface area (Å²) in [6.07, 6.45) is 3.14. The van der Waals surface area contributed by atoms with E-state index < -0.39 is 0 Å². The molecule has 4 nitrogen and oxygen atoms in total. The molecule has 0 saturated heterocycles. The van der Waals surface area contributed by atoms with Gasteiger partial charge in [-0.25, -0.2) is 0 Å². The molecular formula is C10H11ClN2O2. The minimum Gasteiger partial charge on any atom is -0.459 e. The molecule has 15 heavy (non-hydrogen) atoms. The van der Waals surface area contributed by atoms with Crippen LogP contribution in [-0.4, -0.2) is 16.1 Å². The van der Waals surface area contributed by atoms with Crippen LogP contribution in [0.3, 0.4) is 0 Å². The van der Waals surface area contributed by atoms with E-state index in [-0.39, 0.29) is 0 Å². The molecule has 2 heterocycles. The molecule has 5 heteroatoms. The SMILES string of the molecule is Cc1ccoc1-c1nnc(CCCCl)o1. The van der Waals surface area contributed by atoms with E-state index in [1.54, 1.807) is 6.26 Å². The second-order valence-electron chi connectivity index (χ2n) is 3.23. The van der Waals surface area contributed by atoms with E-state index in [4.69, 9.17) is 20.4 Å². The van der Waals surface area contributed by atoms with Crippen molar-refractivity contribution in [3.8, 4) is 11.7 Å². The van der Waals surface area contributed by atoms with Gasteiger partial charge in [-0.2, -0.15) is 0 Å². The Hall–Kier alpha value is -1.29. The first kappa shape index (κ1) is 10.2. The normalized spacial score (nSPS) is 10.8. The highest BCUT2D eigenvalue weighted by Crippen LogP contribution is 2.22. The molecule has 0 radical (unpaired) electrons. The molecule has 0 amide bonds. The van der Waals surface area contributed by atoms with Crippen molar-refractivity contribution in [1.82, 2.24) is 10.2 Å². The maximum Gasteiger partial charge on any atom is 0.283 e. The zero-order valence-corrected chi connectivity index (χ0v) is 9.12. The van der Waals surface area contributed by atoms with Crippen LogP contribution in [-0.2, 0) is 6.42 Å². The van der Waals surface area contributed by atoms with E-state index in [0.29, 0.717) is 29.8 Å². The van der Waals surface area contributed by atoms with Gasteiger partial charge in [0.05, 0.1) is 6.26 Å². The number of furan rings is 1. The average molecular weight is 227 g/mol.